The van der Waals surface area contributed by atoms with E-state index in [1.54, 1.807) is 18.2 Å². The fourth-order valence-corrected chi connectivity index (χ4v) is 3.01. The lowest BCUT2D eigenvalue weighted by Gasteiger charge is -2.11. The highest BCUT2D eigenvalue weighted by Crippen LogP contribution is 2.27. The van der Waals surface area contributed by atoms with Gasteiger partial charge in [-0.05, 0) is 42.8 Å². The van der Waals surface area contributed by atoms with Gasteiger partial charge in [-0.25, -0.2) is 8.42 Å². The number of nitrogens with one attached hydrogen (secondary N) is 1. The first-order chi connectivity index (χ1) is 9.83. The van der Waals surface area contributed by atoms with Crippen LogP contribution in [-0.2, 0) is 10.0 Å². The predicted molar refractivity (Wildman–Crippen MR) is 84.4 cm³/mol. The zero-order valence-electron chi connectivity index (χ0n) is 11.6. The lowest BCUT2D eigenvalue weighted by molar-refractivity contribution is 0.416. The van der Waals surface area contributed by atoms with Crippen LogP contribution in [0.5, 0.6) is 5.75 Å². The van der Waals surface area contributed by atoms with Gasteiger partial charge in [0.2, 0.25) is 0 Å². The topological polar surface area (TPSA) is 81.4 Å². The second kappa shape index (κ2) is 5.83. The number of hydrogen-bond donors (Lipinski definition) is 2. The van der Waals surface area contributed by atoms with Crippen molar-refractivity contribution >= 4 is 33.0 Å². The Labute approximate surface area is 128 Å². The molecule has 0 bridgehead atoms. The Morgan fingerprint density at radius 1 is 1.19 bits per heavy atom. The van der Waals surface area contributed by atoms with Gasteiger partial charge in [0.15, 0.2) is 0 Å². The molecule has 5 nitrogen and oxygen atoms in total. The van der Waals surface area contributed by atoms with Gasteiger partial charge in [-0.15, -0.1) is 0 Å². The van der Waals surface area contributed by atoms with Crippen molar-refractivity contribution in [2.45, 2.75) is 11.8 Å². The molecule has 3 N–H and O–H groups in total. The highest BCUT2D eigenvalue weighted by Gasteiger charge is 2.16. The van der Waals surface area contributed by atoms with Gasteiger partial charge in [0.25, 0.3) is 10.0 Å². The Bertz CT molecular complexity index is 776. The molecule has 0 radical (unpaired) electrons. The molecular formula is C14H15ClN2O3S. The number of aryl methyl sites for hydroxylation is 1. The number of anilines is 2. The van der Waals surface area contributed by atoms with Gasteiger partial charge in [0, 0.05) is 5.02 Å². The Balaban J connectivity index is 2.33. The molecule has 21 heavy (non-hydrogen) atoms. The molecule has 0 saturated heterocycles. The van der Waals surface area contributed by atoms with Crippen LogP contribution in [0.2, 0.25) is 5.02 Å². The van der Waals surface area contributed by atoms with E-state index in [4.69, 9.17) is 22.1 Å². The molecule has 0 atom stereocenters. The summed E-state index contributed by atoms with van der Waals surface area (Å²) in [5.41, 5.74) is 7.24. The van der Waals surface area contributed by atoms with Crippen LogP contribution in [0.4, 0.5) is 11.4 Å². The number of hydrogen-bond acceptors (Lipinski definition) is 4. The van der Waals surface area contributed by atoms with Crippen LogP contribution in [0.1, 0.15) is 5.56 Å². The van der Waals surface area contributed by atoms with E-state index in [0.717, 1.165) is 5.56 Å². The van der Waals surface area contributed by atoms with Gasteiger partial charge in [-0.3, -0.25) is 4.72 Å². The normalized spacial score (nSPS) is 11.2. The molecule has 0 aliphatic carbocycles. The molecule has 7 heteroatoms. The quantitative estimate of drug-likeness (QED) is 0.846. The Morgan fingerprint density at radius 2 is 1.90 bits per heavy atom. The van der Waals surface area contributed by atoms with Crippen LogP contribution >= 0.6 is 11.6 Å². The Hall–Kier alpha value is -1.92. The van der Waals surface area contributed by atoms with E-state index in [1.807, 2.05) is 6.92 Å². The monoisotopic (exact) mass is 326 g/mol. The summed E-state index contributed by atoms with van der Waals surface area (Å²) in [5, 5.41) is 0.490. The first kappa shape index (κ1) is 15.5. The number of ether oxygens (including phenoxy) is 1. The minimum absolute atomic E-state index is 0.0532. The summed E-state index contributed by atoms with van der Waals surface area (Å²) in [6.07, 6.45) is 0. The zero-order chi connectivity index (χ0) is 15.6. The van der Waals surface area contributed by atoms with Crippen molar-refractivity contribution in [3.8, 4) is 5.75 Å². The molecule has 0 aliphatic heterocycles. The second-order valence-electron chi connectivity index (χ2n) is 4.47. The third kappa shape index (κ3) is 3.40. The average Bonchev–Trinajstić information content (AvgIpc) is 2.42. The summed E-state index contributed by atoms with van der Waals surface area (Å²) in [7, 11) is -2.27. The minimum Gasteiger partial charge on any atom is -0.495 e. The molecule has 0 aliphatic rings. The van der Waals surface area contributed by atoms with E-state index in [1.165, 1.54) is 25.3 Å². The first-order valence-corrected chi connectivity index (χ1v) is 7.92. The predicted octanol–water partition coefficient (Wildman–Crippen LogP) is 3.04. The van der Waals surface area contributed by atoms with E-state index < -0.39 is 10.0 Å². The van der Waals surface area contributed by atoms with Crippen LogP contribution in [0, 0.1) is 6.92 Å². The van der Waals surface area contributed by atoms with Crippen molar-refractivity contribution in [3.05, 3.63) is 47.0 Å². The van der Waals surface area contributed by atoms with E-state index >= 15 is 0 Å². The van der Waals surface area contributed by atoms with Crippen LogP contribution in [0.25, 0.3) is 0 Å². The summed E-state index contributed by atoms with van der Waals surface area (Å²) >= 11 is 5.98. The standard InChI is InChI=1S/C14H15ClN2O3S/c1-9-3-4-10(7-12(9)15)17-21(18,19)11-5-6-14(20-2)13(16)8-11/h3-8,17H,16H2,1-2H3. The summed E-state index contributed by atoms with van der Waals surface area (Å²) in [6, 6.07) is 9.21. The maximum Gasteiger partial charge on any atom is 0.261 e. The van der Waals surface area contributed by atoms with Crippen LogP contribution in [0.3, 0.4) is 0 Å². The fourth-order valence-electron chi connectivity index (χ4n) is 1.75. The number of benzene rings is 2. The third-order valence-corrected chi connectivity index (χ3v) is 4.72. The van der Waals surface area contributed by atoms with Crippen molar-refractivity contribution in [2.24, 2.45) is 0 Å². The lowest BCUT2D eigenvalue weighted by atomic mass is 10.2. The molecule has 0 amide bonds. The van der Waals surface area contributed by atoms with Gasteiger partial charge < -0.3 is 10.5 Å². The second-order valence-corrected chi connectivity index (χ2v) is 6.56. The van der Waals surface area contributed by atoms with Crippen LogP contribution < -0.4 is 15.2 Å². The van der Waals surface area contributed by atoms with E-state index in [0.29, 0.717) is 16.5 Å². The number of rotatable bonds is 4. The Kier molecular flexibility index (Phi) is 4.29. The number of methoxy groups -OCH3 is 1. The van der Waals surface area contributed by atoms with Crippen molar-refractivity contribution in [1.29, 1.82) is 0 Å². The number of nitrogen functional groups attached to an aromatic ring is 1. The first-order valence-electron chi connectivity index (χ1n) is 6.06. The maximum absolute atomic E-state index is 12.3. The molecule has 2 aromatic rings. The van der Waals surface area contributed by atoms with Gasteiger partial charge in [0.05, 0.1) is 23.4 Å². The summed E-state index contributed by atoms with van der Waals surface area (Å²) in [4.78, 5) is 0.0532. The zero-order valence-corrected chi connectivity index (χ0v) is 13.1. The molecule has 2 rings (SSSR count). The third-order valence-electron chi connectivity index (χ3n) is 2.94. The Morgan fingerprint density at radius 3 is 2.48 bits per heavy atom. The summed E-state index contributed by atoms with van der Waals surface area (Å²) < 4.78 is 32.1. The molecular weight excluding hydrogens is 312 g/mol. The van der Waals surface area contributed by atoms with Gasteiger partial charge in [-0.1, -0.05) is 17.7 Å². The highest BCUT2D eigenvalue weighted by molar-refractivity contribution is 7.92. The van der Waals surface area contributed by atoms with Crippen LogP contribution in [-0.4, -0.2) is 15.5 Å². The smallest absolute Gasteiger partial charge is 0.261 e. The molecule has 0 unspecified atom stereocenters. The van der Waals surface area contributed by atoms with Gasteiger partial charge in [0.1, 0.15) is 5.75 Å². The van der Waals surface area contributed by atoms with E-state index in [2.05, 4.69) is 4.72 Å². The highest BCUT2D eigenvalue weighted by atomic mass is 35.5. The van der Waals surface area contributed by atoms with E-state index in [-0.39, 0.29) is 10.6 Å². The molecule has 112 valence electrons. The van der Waals surface area contributed by atoms with Gasteiger partial charge >= 0.3 is 0 Å². The van der Waals surface area contributed by atoms with Crippen molar-refractivity contribution in [1.82, 2.24) is 0 Å². The number of nitrogens with two attached hydrogens (primary N) is 1. The van der Waals surface area contributed by atoms with E-state index in [9.17, 15) is 8.42 Å². The SMILES string of the molecule is COc1ccc(S(=O)(=O)Nc2ccc(C)c(Cl)c2)cc1N. The van der Waals surface area contributed by atoms with Gasteiger partial charge in [-0.2, -0.15) is 0 Å². The average molecular weight is 327 g/mol. The maximum atomic E-state index is 12.3. The van der Waals surface area contributed by atoms with Crippen molar-refractivity contribution < 1.29 is 13.2 Å². The molecule has 0 aromatic heterocycles. The molecule has 0 heterocycles. The molecule has 0 fully saturated rings. The summed E-state index contributed by atoms with van der Waals surface area (Å²) in [6.45, 7) is 1.84. The fraction of sp³-hybridized carbons (Fsp3) is 0.143. The number of sulfonamides is 1. The minimum atomic E-state index is -3.73. The molecule has 0 spiro atoms. The summed E-state index contributed by atoms with van der Waals surface area (Å²) in [5.74, 6) is 0.423. The van der Waals surface area contributed by atoms with Crippen molar-refractivity contribution in [3.63, 3.8) is 0 Å². The lowest BCUT2D eigenvalue weighted by Crippen LogP contribution is -2.13. The van der Waals surface area contributed by atoms with Crippen LogP contribution in [0.15, 0.2) is 41.3 Å². The number of halogens is 1. The largest absolute Gasteiger partial charge is 0.495 e. The molecule has 2 aromatic carbocycles. The molecule has 0 saturated carbocycles. The van der Waals surface area contributed by atoms with Crippen molar-refractivity contribution in [2.75, 3.05) is 17.6 Å².